The van der Waals surface area contributed by atoms with Gasteiger partial charge in [0.1, 0.15) is 42.9 Å². The van der Waals surface area contributed by atoms with Gasteiger partial charge >= 0.3 is 29.7 Å². The summed E-state index contributed by atoms with van der Waals surface area (Å²) in [7, 11) is 10.3. The Kier molecular flexibility index (Phi) is 15.6. The number of likely N-dealkylation sites (tertiary alicyclic amines) is 1. The van der Waals surface area contributed by atoms with Gasteiger partial charge in [-0.15, -0.1) is 0 Å². The number of rotatable bonds is 15. The second-order valence-electron chi connectivity index (χ2n) is 14.9. The number of ether oxygens (including phenoxy) is 7. The first-order valence-corrected chi connectivity index (χ1v) is 19.5. The zero-order chi connectivity index (χ0) is 44.5. The molecular weight excluding hydrogens is 802 g/mol. The van der Waals surface area contributed by atoms with Crippen LogP contribution in [0.5, 0.6) is 5.75 Å². The van der Waals surface area contributed by atoms with Crippen molar-refractivity contribution in [1.82, 2.24) is 24.7 Å². The molecule has 0 unspecified atom stereocenters. The number of esters is 1. The first-order valence-electron chi connectivity index (χ1n) is 19.5. The molecule has 3 aliphatic heterocycles. The van der Waals surface area contributed by atoms with Crippen molar-refractivity contribution in [2.24, 2.45) is 5.92 Å². The fourth-order valence-corrected chi connectivity index (χ4v) is 7.73. The van der Waals surface area contributed by atoms with Gasteiger partial charge in [0.25, 0.3) is 6.54 Å². The topological polar surface area (TPSA) is 222 Å². The SMILES string of the molecule is [C-]#[N+]CC(=O)N1CC[C@@H](C)[C@@H](N(C)c2ncnc3c2CCN3C(=O)N(C)CCN(C)C(=O)OCc2ccc(O[C@@H]3O[C@H](C(=O)OC)[C@@H](OC)[C@H](OC)[C@H]3OC)c([N+](=O)[O-])c2)C1. The van der Waals surface area contributed by atoms with E-state index >= 15 is 0 Å². The molecule has 4 heterocycles. The molecule has 2 saturated heterocycles. The number of hydrogen-bond donors (Lipinski definition) is 0. The molecule has 1 aromatic heterocycles. The van der Waals surface area contributed by atoms with Gasteiger partial charge < -0.3 is 57.6 Å². The Balaban J connectivity index is 1.17. The molecule has 22 nitrogen and oxygen atoms in total. The van der Waals surface area contributed by atoms with E-state index in [0.29, 0.717) is 37.7 Å². The minimum absolute atomic E-state index is 0.0436. The summed E-state index contributed by atoms with van der Waals surface area (Å²) in [5, 5.41) is 12.1. The van der Waals surface area contributed by atoms with Crippen LogP contribution in [0.25, 0.3) is 4.85 Å². The molecule has 2 fully saturated rings. The van der Waals surface area contributed by atoms with Gasteiger partial charge in [0.2, 0.25) is 6.29 Å². The lowest BCUT2D eigenvalue weighted by Gasteiger charge is -2.43. The summed E-state index contributed by atoms with van der Waals surface area (Å²) >= 11 is 0. The number of carbonyl (C=O) groups excluding carboxylic acids is 4. The second-order valence-corrected chi connectivity index (χ2v) is 14.9. The van der Waals surface area contributed by atoms with Gasteiger partial charge in [-0.3, -0.25) is 19.8 Å². The number of carbonyl (C=O) groups is 4. The molecule has 0 radical (unpaired) electrons. The Hall–Kier alpha value is -5.89. The molecule has 61 heavy (non-hydrogen) atoms. The first kappa shape index (κ1) is 46.2. The zero-order valence-corrected chi connectivity index (χ0v) is 35.5. The van der Waals surface area contributed by atoms with E-state index in [1.165, 1.54) is 69.8 Å². The number of aromatic nitrogens is 2. The number of nitro groups is 1. The third-order valence-corrected chi connectivity index (χ3v) is 11.3. The van der Waals surface area contributed by atoms with Crippen LogP contribution in [-0.2, 0) is 51.0 Å². The largest absolute Gasteiger partial charge is 0.467 e. The van der Waals surface area contributed by atoms with Gasteiger partial charge in [0.15, 0.2) is 11.9 Å². The van der Waals surface area contributed by atoms with E-state index in [9.17, 15) is 29.3 Å². The number of benzene rings is 1. The van der Waals surface area contributed by atoms with Crippen LogP contribution in [0.2, 0.25) is 0 Å². The molecule has 1 aromatic carbocycles. The number of likely N-dealkylation sites (N-methyl/N-ethyl adjacent to an activating group) is 3. The molecule has 0 spiro atoms. The summed E-state index contributed by atoms with van der Waals surface area (Å²) in [5.74, 6) is 0.258. The van der Waals surface area contributed by atoms with Crippen molar-refractivity contribution in [3.05, 3.63) is 57.2 Å². The molecule has 5 rings (SSSR count). The highest BCUT2D eigenvalue weighted by Gasteiger charge is 2.52. The number of anilines is 2. The minimum Gasteiger partial charge on any atom is -0.467 e. The van der Waals surface area contributed by atoms with Crippen molar-refractivity contribution >= 4 is 41.3 Å². The van der Waals surface area contributed by atoms with Crippen molar-refractivity contribution in [1.29, 1.82) is 0 Å². The number of amides is 4. The van der Waals surface area contributed by atoms with E-state index in [1.807, 2.05) is 11.9 Å². The number of nitrogens with zero attached hydrogens (tertiary/aromatic N) is 9. The number of urea groups is 1. The number of methoxy groups -OCH3 is 4. The van der Waals surface area contributed by atoms with Gasteiger partial charge in [-0.2, -0.15) is 0 Å². The van der Waals surface area contributed by atoms with Crippen LogP contribution in [0.1, 0.15) is 24.5 Å². The van der Waals surface area contributed by atoms with Crippen molar-refractivity contribution in [3.8, 4) is 5.75 Å². The van der Waals surface area contributed by atoms with E-state index in [4.69, 9.17) is 39.7 Å². The fourth-order valence-electron chi connectivity index (χ4n) is 7.73. The van der Waals surface area contributed by atoms with Crippen LogP contribution < -0.4 is 14.5 Å². The van der Waals surface area contributed by atoms with E-state index < -0.39 is 53.4 Å². The number of fused-ring (bicyclic) bond motifs is 1. The summed E-state index contributed by atoms with van der Waals surface area (Å²) in [6, 6.07) is 3.61. The number of nitro benzene ring substituents is 1. The van der Waals surface area contributed by atoms with E-state index in [1.54, 1.807) is 16.8 Å². The summed E-state index contributed by atoms with van der Waals surface area (Å²) in [6.45, 7) is 10.4. The molecule has 2 aromatic rings. The van der Waals surface area contributed by atoms with Crippen molar-refractivity contribution < 1.29 is 57.3 Å². The maximum absolute atomic E-state index is 13.7. The lowest BCUT2D eigenvalue weighted by atomic mass is 9.92. The van der Waals surface area contributed by atoms with E-state index in [2.05, 4.69) is 21.7 Å². The lowest BCUT2D eigenvalue weighted by Crippen LogP contribution is -2.63. The van der Waals surface area contributed by atoms with Crippen LogP contribution in [0, 0.1) is 22.6 Å². The van der Waals surface area contributed by atoms with Crippen LogP contribution in [-0.4, -0.2) is 179 Å². The van der Waals surface area contributed by atoms with Crippen LogP contribution >= 0.6 is 0 Å². The fraction of sp³-hybridized carbons (Fsp3) is 0.615. The lowest BCUT2D eigenvalue weighted by molar-refractivity contribution is -0.387. The first-order chi connectivity index (χ1) is 29.2. The van der Waals surface area contributed by atoms with Crippen molar-refractivity contribution in [2.45, 2.75) is 63.1 Å². The normalized spacial score (nSPS) is 23.3. The molecule has 22 heteroatoms. The Bertz CT molecular complexity index is 1970. The van der Waals surface area contributed by atoms with Crippen LogP contribution in [0.15, 0.2) is 24.5 Å². The molecule has 0 aliphatic carbocycles. The van der Waals surface area contributed by atoms with E-state index in [-0.39, 0.29) is 61.5 Å². The maximum Gasteiger partial charge on any atom is 0.409 e. The second kappa shape index (κ2) is 20.6. The minimum atomic E-state index is -1.35. The highest BCUT2D eigenvalue weighted by molar-refractivity contribution is 5.94. The maximum atomic E-state index is 13.7. The summed E-state index contributed by atoms with van der Waals surface area (Å²) < 4.78 is 38.5. The molecule has 3 aliphatic rings. The van der Waals surface area contributed by atoms with Gasteiger partial charge in [-0.05, 0) is 30.4 Å². The molecule has 7 atom stereocenters. The van der Waals surface area contributed by atoms with Crippen LogP contribution in [0.4, 0.5) is 26.9 Å². The van der Waals surface area contributed by atoms with Crippen LogP contribution in [0.3, 0.4) is 0 Å². The Morgan fingerprint density at radius 3 is 2.36 bits per heavy atom. The predicted molar refractivity (Wildman–Crippen MR) is 215 cm³/mol. The third kappa shape index (κ3) is 10.2. The average Bonchev–Trinajstić information content (AvgIpc) is 3.70. The quantitative estimate of drug-likeness (QED) is 0.108. The Labute approximate surface area is 353 Å². The highest BCUT2D eigenvalue weighted by Crippen LogP contribution is 2.36. The molecule has 0 N–H and O–H groups in total. The number of hydrogen-bond acceptors (Lipinski definition) is 16. The van der Waals surface area contributed by atoms with Gasteiger partial charge in [-0.25, -0.2) is 30.9 Å². The third-order valence-electron chi connectivity index (χ3n) is 11.3. The average molecular weight is 856 g/mol. The molecule has 0 saturated carbocycles. The Morgan fingerprint density at radius 2 is 1.70 bits per heavy atom. The van der Waals surface area contributed by atoms with Gasteiger partial charge in [0.05, 0.1) is 18.1 Å². The highest BCUT2D eigenvalue weighted by atomic mass is 16.7. The standard InChI is InChI=1S/C39H53N9O13/c1-23-12-14-46(29(49)19-40-2)20-27(23)45(5)34-25-13-15-47(35(25)42-22-41-34)38(51)43(3)16-17-44(4)39(52)59-21-24-10-11-28(26(18-24)48(53)54)60-37-33(57-8)31(56-7)30(55-6)32(61-37)36(50)58-9/h10-11,18,22-23,27,30-33,37H,12-17,19-21H2,1,3-9H3/t23-,27+,30+,31+,32+,33-,37-/m1/s1. The number of piperidine rings is 1. The Morgan fingerprint density at radius 1 is 1.00 bits per heavy atom. The zero-order valence-electron chi connectivity index (χ0n) is 35.5. The van der Waals surface area contributed by atoms with Crippen molar-refractivity contribution in [2.75, 3.05) is 98.7 Å². The van der Waals surface area contributed by atoms with Gasteiger partial charge in [0, 0.05) is 86.8 Å². The van der Waals surface area contributed by atoms with Gasteiger partial charge in [-0.1, -0.05) is 13.0 Å². The van der Waals surface area contributed by atoms with Crippen molar-refractivity contribution in [3.63, 3.8) is 0 Å². The molecular formula is C39H53N9O13. The monoisotopic (exact) mass is 855 g/mol. The summed E-state index contributed by atoms with van der Waals surface area (Å²) in [6.07, 6.45) is -3.42. The summed E-state index contributed by atoms with van der Waals surface area (Å²) in [4.78, 5) is 83.5. The molecule has 4 amide bonds. The smallest absolute Gasteiger partial charge is 0.409 e. The van der Waals surface area contributed by atoms with E-state index in [0.717, 1.165) is 12.0 Å². The predicted octanol–water partition coefficient (Wildman–Crippen LogP) is 1.98. The molecule has 332 valence electrons. The molecule has 0 bridgehead atoms. The summed E-state index contributed by atoms with van der Waals surface area (Å²) in [5.41, 5.74) is 0.633.